The van der Waals surface area contributed by atoms with Crippen LogP contribution in [-0.2, 0) is 0 Å². The van der Waals surface area contributed by atoms with Crippen molar-refractivity contribution in [2.45, 2.75) is 58.4 Å². The summed E-state index contributed by atoms with van der Waals surface area (Å²) in [5, 5.41) is 3.61. The third-order valence-corrected chi connectivity index (χ3v) is 4.84. The van der Waals surface area contributed by atoms with Crippen molar-refractivity contribution in [2.75, 3.05) is 26.7 Å². The van der Waals surface area contributed by atoms with Crippen LogP contribution in [-0.4, -0.2) is 37.6 Å². The van der Waals surface area contributed by atoms with Crippen LogP contribution in [0.15, 0.2) is 0 Å². The standard InChI is InChI=1S/C15H30N2/c1-4-16-11-15(9-7-13(2)8-10-15)12-17(3)14-5-6-14/h13-14,16H,4-12H2,1-3H3. The van der Waals surface area contributed by atoms with E-state index in [0.29, 0.717) is 5.41 Å². The fourth-order valence-electron chi connectivity index (χ4n) is 3.33. The first kappa shape index (κ1) is 13.4. The Hall–Kier alpha value is -0.0800. The van der Waals surface area contributed by atoms with Gasteiger partial charge in [0.25, 0.3) is 0 Å². The van der Waals surface area contributed by atoms with Gasteiger partial charge in [0, 0.05) is 19.1 Å². The zero-order valence-electron chi connectivity index (χ0n) is 12.0. The molecule has 100 valence electrons. The molecule has 2 fully saturated rings. The van der Waals surface area contributed by atoms with E-state index in [1.165, 1.54) is 51.6 Å². The number of rotatable bonds is 6. The molecule has 0 unspecified atom stereocenters. The maximum Gasteiger partial charge on any atom is 0.00936 e. The summed E-state index contributed by atoms with van der Waals surface area (Å²) in [7, 11) is 2.34. The van der Waals surface area contributed by atoms with Gasteiger partial charge in [-0.05, 0) is 50.6 Å². The lowest BCUT2D eigenvalue weighted by atomic mass is 9.70. The Morgan fingerprint density at radius 3 is 2.35 bits per heavy atom. The maximum atomic E-state index is 3.61. The van der Waals surface area contributed by atoms with Crippen LogP contribution < -0.4 is 5.32 Å². The van der Waals surface area contributed by atoms with Crippen molar-refractivity contribution in [3.8, 4) is 0 Å². The first-order valence-electron chi connectivity index (χ1n) is 7.56. The molecule has 0 amide bonds. The predicted octanol–water partition coefficient (Wildman–Crippen LogP) is 2.89. The zero-order valence-corrected chi connectivity index (χ0v) is 12.0. The molecule has 0 saturated heterocycles. The number of nitrogens with one attached hydrogen (secondary N) is 1. The first-order valence-corrected chi connectivity index (χ1v) is 7.56. The van der Waals surface area contributed by atoms with E-state index in [9.17, 15) is 0 Å². The van der Waals surface area contributed by atoms with Gasteiger partial charge in [0.15, 0.2) is 0 Å². The molecular formula is C15H30N2. The number of hydrogen-bond acceptors (Lipinski definition) is 2. The topological polar surface area (TPSA) is 15.3 Å². The molecule has 0 aliphatic heterocycles. The molecule has 0 heterocycles. The van der Waals surface area contributed by atoms with Gasteiger partial charge in [-0.2, -0.15) is 0 Å². The van der Waals surface area contributed by atoms with Gasteiger partial charge in [-0.3, -0.25) is 0 Å². The van der Waals surface area contributed by atoms with Crippen molar-refractivity contribution >= 4 is 0 Å². The van der Waals surface area contributed by atoms with Gasteiger partial charge < -0.3 is 10.2 Å². The second-order valence-corrected chi connectivity index (χ2v) is 6.61. The highest BCUT2D eigenvalue weighted by atomic mass is 15.2. The van der Waals surface area contributed by atoms with Crippen molar-refractivity contribution in [2.24, 2.45) is 11.3 Å². The third kappa shape index (κ3) is 3.69. The van der Waals surface area contributed by atoms with Crippen LogP contribution >= 0.6 is 0 Å². The van der Waals surface area contributed by atoms with Crippen LogP contribution in [0.3, 0.4) is 0 Å². The molecule has 2 aliphatic carbocycles. The fourth-order valence-corrected chi connectivity index (χ4v) is 3.33. The molecule has 17 heavy (non-hydrogen) atoms. The van der Waals surface area contributed by atoms with E-state index < -0.39 is 0 Å². The molecule has 0 aromatic heterocycles. The molecule has 0 bridgehead atoms. The van der Waals surface area contributed by atoms with Gasteiger partial charge in [0.2, 0.25) is 0 Å². The van der Waals surface area contributed by atoms with Crippen molar-refractivity contribution in [3.05, 3.63) is 0 Å². The van der Waals surface area contributed by atoms with Gasteiger partial charge in [-0.25, -0.2) is 0 Å². The molecule has 1 N–H and O–H groups in total. The van der Waals surface area contributed by atoms with Crippen LogP contribution in [0.2, 0.25) is 0 Å². The Morgan fingerprint density at radius 1 is 1.18 bits per heavy atom. The van der Waals surface area contributed by atoms with Crippen molar-refractivity contribution < 1.29 is 0 Å². The number of nitrogens with zero attached hydrogens (tertiary/aromatic N) is 1. The SMILES string of the molecule is CCNCC1(CN(C)C2CC2)CCC(C)CC1. The zero-order chi connectivity index (χ0) is 12.3. The molecule has 0 atom stereocenters. The first-order chi connectivity index (χ1) is 8.15. The maximum absolute atomic E-state index is 3.61. The Morgan fingerprint density at radius 2 is 1.82 bits per heavy atom. The van der Waals surface area contributed by atoms with E-state index in [-0.39, 0.29) is 0 Å². The molecule has 2 nitrogen and oxygen atoms in total. The average molecular weight is 238 g/mol. The summed E-state index contributed by atoms with van der Waals surface area (Å²) in [5.74, 6) is 0.955. The van der Waals surface area contributed by atoms with E-state index in [1.54, 1.807) is 0 Å². The van der Waals surface area contributed by atoms with Crippen molar-refractivity contribution in [1.82, 2.24) is 10.2 Å². The quantitative estimate of drug-likeness (QED) is 0.765. The fraction of sp³-hybridized carbons (Fsp3) is 1.00. The molecule has 0 aromatic carbocycles. The molecule has 2 rings (SSSR count). The van der Waals surface area contributed by atoms with Crippen LogP contribution in [0.25, 0.3) is 0 Å². The summed E-state index contributed by atoms with van der Waals surface area (Å²) in [6.45, 7) is 8.31. The van der Waals surface area contributed by atoms with E-state index in [1.807, 2.05) is 0 Å². The largest absolute Gasteiger partial charge is 0.316 e. The Bertz CT molecular complexity index is 222. The van der Waals surface area contributed by atoms with E-state index >= 15 is 0 Å². The van der Waals surface area contributed by atoms with E-state index in [4.69, 9.17) is 0 Å². The minimum absolute atomic E-state index is 0.569. The Kier molecular flexibility index (Phi) is 4.48. The monoisotopic (exact) mass is 238 g/mol. The van der Waals surface area contributed by atoms with E-state index in [2.05, 4.69) is 31.1 Å². The lowest BCUT2D eigenvalue weighted by molar-refractivity contribution is 0.0961. The minimum atomic E-state index is 0.569. The van der Waals surface area contributed by atoms with Gasteiger partial charge >= 0.3 is 0 Å². The van der Waals surface area contributed by atoms with Crippen molar-refractivity contribution in [3.63, 3.8) is 0 Å². The summed E-state index contributed by atoms with van der Waals surface area (Å²) >= 11 is 0. The summed E-state index contributed by atoms with van der Waals surface area (Å²) in [5.41, 5.74) is 0.569. The van der Waals surface area contributed by atoms with Crippen molar-refractivity contribution in [1.29, 1.82) is 0 Å². The summed E-state index contributed by atoms with van der Waals surface area (Å²) in [4.78, 5) is 2.63. The van der Waals surface area contributed by atoms with Gasteiger partial charge in [-0.1, -0.05) is 26.7 Å². The van der Waals surface area contributed by atoms with Crippen LogP contribution in [0.5, 0.6) is 0 Å². The molecule has 2 saturated carbocycles. The Balaban J connectivity index is 1.90. The molecule has 0 aromatic rings. The minimum Gasteiger partial charge on any atom is -0.316 e. The molecule has 0 radical (unpaired) electrons. The highest BCUT2D eigenvalue weighted by Crippen LogP contribution is 2.40. The second-order valence-electron chi connectivity index (χ2n) is 6.61. The lowest BCUT2D eigenvalue weighted by Gasteiger charge is -2.42. The van der Waals surface area contributed by atoms with Gasteiger partial charge in [0.1, 0.15) is 0 Å². The molecule has 0 spiro atoms. The summed E-state index contributed by atoms with van der Waals surface area (Å²) in [6, 6.07) is 0.910. The highest BCUT2D eigenvalue weighted by molar-refractivity contribution is 4.92. The van der Waals surface area contributed by atoms with Gasteiger partial charge in [0.05, 0.1) is 0 Å². The van der Waals surface area contributed by atoms with E-state index in [0.717, 1.165) is 18.5 Å². The second kappa shape index (κ2) is 5.71. The molecular weight excluding hydrogens is 208 g/mol. The third-order valence-electron chi connectivity index (χ3n) is 4.84. The smallest absolute Gasteiger partial charge is 0.00936 e. The normalized spacial score (nSPS) is 34.2. The molecule has 2 heteroatoms. The molecule has 2 aliphatic rings. The number of hydrogen-bond donors (Lipinski definition) is 1. The van der Waals surface area contributed by atoms with Crippen LogP contribution in [0, 0.1) is 11.3 Å². The highest BCUT2D eigenvalue weighted by Gasteiger charge is 2.37. The predicted molar refractivity (Wildman–Crippen MR) is 74.3 cm³/mol. The van der Waals surface area contributed by atoms with Crippen LogP contribution in [0.1, 0.15) is 52.4 Å². The van der Waals surface area contributed by atoms with Gasteiger partial charge in [-0.15, -0.1) is 0 Å². The Labute approximate surface area is 107 Å². The summed E-state index contributed by atoms with van der Waals surface area (Å²) in [6.07, 6.45) is 8.60. The summed E-state index contributed by atoms with van der Waals surface area (Å²) < 4.78 is 0. The average Bonchev–Trinajstić information content (AvgIpc) is 3.14. The lowest BCUT2D eigenvalue weighted by Crippen LogP contribution is -2.45. The van der Waals surface area contributed by atoms with Crippen LogP contribution in [0.4, 0.5) is 0 Å².